The van der Waals surface area contributed by atoms with Gasteiger partial charge in [-0.25, -0.2) is 9.97 Å². The summed E-state index contributed by atoms with van der Waals surface area (Å²) in [5, 5.41) is 3.05. The molecule has 0 spiro atoms. The number of benzene rings is 1. The van der Waals surface area contributed by atoms with Crippen LogP contribution >= 0.6 is 0 Å². The number of carbonyl (C=O) groups is 1. The third-order valence-corrected chi connectivity index (χ3v) is 4.21. The van der Waals surface area contributed by atoms with Crippen LogP contribution in [0.5, 0.6) is 0 Å². The molecular weight excluding hydrogens is 288 g/mol. The number of carbonyl (C=O) groups excluding carboxylic acids is 1. The Hall–Kier alpha value is -2.43. The molecule has 2 aromatic rings. The van der Waals surface area contributed by atoms with Crippen molar-refractivity contribution in [1.82, 2.24) is 15.3 Å². The van der Waals surface area contributed by atoms with Crippen LogP contribution in [-0.4, -0.2) is 36.0 Å². The molecule has 1 aliphatic rings. The molecule has 0 aliphatic heterocycles. The van der Waals surface area contributed by atoms with Gasteiger partial charge in [0.15, 0.2) is 5.82 Å². The topological polar surface area (TPSA) is 58.1 Å². The van der Waals surface area contributed by atoms with E-state index >= 15 is 0 Å². The highest BCUT2D eigenvalue weighted by Crippen LogP contribution is 2.22. The van der Waals surface area contributed by atoms with Gasteiger partial charge in [-0.1, -0.05) is 12.1 Å². The average molecular weight is 310 g/mol. The van der Waals surface area contributed by atoms with Crippen LogP contribution < -0.4 is 10.2 Å². The molecule has 1 aromatic heterocycles. The Labute approximate surface area is 136 Å². The van der Waals surface area contributed by atoms with Crippen LogP contribution in [0.15, 0.2) is 30.5 Å². The van der Waals surface area contributed by atoms with E-state index in [1.165, 1.54) is 6.42 Å². The van der Waals surface area contributed by atoms with Crippen molar-refractivity contribution >= 4 is 11.7 Å². The molecule has 1 amide bonds. The van der Waals surface area contributed by atoms with E-state index in [0.717, 1.165) is 29.8 Å². The standard InChI is InChI=1S/C18H22N4O/c1-12-11-19-16(21-17(12)22(2)3)13-7-9-14(10-8-13)18(23)20-15-5-4-6-15/h7-11,15H,4-6H2,1-3H3,(H,20,23). The van der Waals surface area contributed by atoms with Crippen molar-refractivity contribution in [2.45, 2.75) is 32.2 Å². The molecule has 23 heavy (non-hydrogen) atoms. The monoisotopic (exact) mass is 310 g/mol. The van der Waals surface area contributed by atoms with Gasteiger partial charge in [0.1, 0.15) is 5.82 Å². The van der Waals surface area contributed by atoms with Gasteiger partial charge in [-0.05, 0) is 38.3 Å². The second kappa shape index (κ2) is 6.36. The van der Waals surface area contributed by atoms with Crippen molar-refractivity contribution in [3.05, 3.63) is 41.6 Å². The zero-order valence-corrected chi connectivity index (χ0v) is 13.8. The summed E-state index contributed by atoms with van der Waals surface area (Å²) in [6.45, 7) is 1.99. The Morgan fingerprint density at radius 1 is 1.22 bits per heavy atom. The van der Waals surface area contributed by atoms with E-state index < -0.39 is 0 Å². The summed E-state index contributed by atoms with van der Waals surface area (Å²) < 4.78 is 0. The predicted molar refractivity (Wildman–Crippen MR) is 91.6 cm³/mol. The predicted octanol–water partition coefficient (Wildman–Crippen LogP) is 2.80. The lowest BCUT2D eigenvalue weighted by atomic mass is 9.93. The van der Waals surface area contributed by atoms with E-state index in [4.69, 9.17) is 0 Å². The van der Waals surface area contributed by atoms with Crippen molar-refractivity contribution in [3.63, 3.8) is 0 Å². The van der Waals surface area contributed by atoms with Crippen molar-refractivity contribution in [2.75, 3.05) is 19.0 Å². The third kappa shape index (κ3) is 3.33. The van der Waals surface area contributed by atoms with Gasteiger partial charge >= 0.3 is 0 Å². The van der Waals surface area contributed by atoms with Crippen LogP contribution in [0, 0.1) is 6.92 Å². The first-order chi connectivity index (χ1) is 11.0. The number of hydrogen-bond acceptors (Lipinski definition) is 4. The Balaban J connectivity index is 1.79. The molecule has 1 aliphatic carbocycles. The molecule has 0 saturated heterocycles. The molecule has 1 saturated carbocycles. The molecule has 0 atom stereocenters. The normalized spacial score (nSPS) is 14.2. The molecule has 1 fully saturated rings. The molecule has 0 unspecified atom stereocenters. The Morgan fingerprint density at radius 3 is 2.48 bits per heavy atom. The smallest absolute Gasteiger partial charge is 0.251 e. The van der Waals surface area contributed by atoms with Gasteiger partial charge in [0.2, 0.25) is 0 Å². The second-order valence-electron chi connectivity index (χ2n) is 6.27. The minimum absolute atomic E-state index is 0.0000510. The van der Waals surface area contributed by atoms with Gasteiger partial charge in [0.25, 0.3) is 5.91 Å². The van der Waals surface area contributed by atoms with E-state index in [-0.39, 0.29) is 5.91 Å². The molecule has 5 heteroatoms. The third-order valence-electron chi connectivity index (χ3n) is 4.21. The van der Waals surface area contributed by atoms with E-state index in [1.807, 2.05) is 56.4 Å². The summed E-state index contributed by atoms with van der Waals surface area (Å²) in [6.07, 6.45) is 5.22. The molecule has 3 rings (SSSR count). The number of aromatic nitrogens is 2. The highest BCUT2D eigenvalue weighted by atomic mass is 16.1. The maximum atomic E-state index is 12.1. The summed E-state index contributed by atoms with van der Waals surface area (Å²) in [6, 6.07) is 7.83. The lowest BCUT2D eigenvalue weighted by Gasteiger charge is -2.26. The summed E-state index contributed by atoms with van der Waals surface area (Å²) in [4.78, 5) is 23.1. The SMILES string of the molecule is Cc1cnc(-c2ccc(C(=O)NC3CCC3)cc2)nc1N(C)C. The second-order valence-corrected chi connectivity index (χ2v) is 6.27. The molecule has 0 bridgehead atoms. The van der Waals surface area contributed by atoms with E-state index in [2.05, 4.69) is 15.3 Å². The first-order valence-electron chi connectivity index (χ1n) is 7.97. The number of hydrogen-bond donors (Lipinski definition) is 1. The highest BCUT2D eigenvalue weighted by molar-refractivity contribution is 5.94. The molecule has 1 aromatic carbocycles. The van der Waals surface area contributed by atoms with Crippen molar-refractivity contribution < 1.29 is 4.79 Å². The molecular formula is C18H22N4O. The average Bonchev–Trinajstić information content (AvgIpc) is 2.51. The van der Waals surface area contributed by atoms with Gasteiger partial charge in [-0.15, -0.1) is 0 Å². The van der Waals surface area contributed by atoms with Crippen LogP contribution in [0.4, 0.5) is 5.82 Å². The fourth-order valence-electron chi connectivity index (χ4n) is 2.62. The fraction of sp³-hybridized carbons (Fsp3) is 0.389. The summed E-state index contributed by atoms with van der Waals surface area (Å²) >= 11 is 0. The zero-order valence-electron chi connectivity index (χ0n) is 13.8. The maximum absolute atomic E-state index is 12.1. The van der Waals surface area contributed by atoms with Crippen LogP contribution in [0.25, 0.3) is 11.4 Å². The molecule has 1 N–H and O–H groups in total. The number of amides is 1. The Morgan fingerprint density at radius 2 is 1.91 bits per heavy atom. The van der Waals surface area contributed by atoms with Gasteiger partial charge in [0.05, 0.1) is 0 Å². The minimum atomic E-state index is 0.0000510. The van der Waals surface area contributed by atoms with Crippen molar-refractivity contribution in [3.8, 4) is 11.4 Å². The van der Waals surface area contributed by atoms with Gasteiger partial charge in [-0.2, -0.15) is 0 Å². The minimum Gasteiger partial charge on any atom is -0.362 e. The Bertz CT molecular complexity index is 705. The zero-order chi connectivity index (χ0) is 16.4. The summed E-state index contributed by atoms with van der Waals surface area (Å²) in [5.41, 5.74) is 2.63. The van der Waals surface area contributed by atoms with Crippen LogP contribution in [0.1, 0.15) is 35.2 Å². The van der Waals surface area contributed by atoms with E-state index in [9.17, 15) is 4.79 Å². The number of anilines is 1. The van der Waals surface area contributed by atoms with Crippen molar-refractivity contribution in [2.24, 2.45) is 0 Å². The lowest BCUT2D eigenvalue weighted by Crippen LogP contribution is -2.39. The van der Waals surface area contributed by atoms with Crippen LogP contribution in [0.3, 0.4) is 0 Å². The number of nitrogens with zero attached hydrogens (tertiary/aromatic N) is 3. The first kappa shape index (κ1) is 15.5. The van der Waals surface area contributed by atoms with Gasteiger partial charge in [0, 0.05) is 43.0 Å². The van der Waals surface area contributed by atoms with E-state index in [0.29, 0.717) is 17.4 Å². The first-order valence-corrected chi connectivity index (χ1v) is 7.97. The van der Waals surface area contributed by atoms with Crippen LogP contribution in [-0.2, 0) is 0 Å². The molecule has 1 heterocycles. The van der Waals surface area contributed by atoms with E-state index in [1.54, 1.807) is 0 Å². The Kier molecular flexibility index (Phi) is 4.28. The number of aryl methyl sites for hydroxylation is 1. The highest BCUT2D eigenvalue weighted by Gasteiger charge is 2.20. The molecule has 5 nitrogen and oxygen atoms in total. The summed E-state index contributed by atoms with van der Waals surface area (Å²) in [7, 11) is 3.93. The maximum Gasteiger partial charge on any atom is 0.251 e. The number of nitrogens with one attached hydrogen (secondary N) is 1. The quantitative estimate of drug-likeness (QED) is 0.943. The van der Waals surface area contributed by atoms with Gasteiger partial charge < -0.3 is 10.2 Å². The van der Waals surface area contributed by atoms with Crippen molar-refractivity contribution in [1.29, 1.82) is 0 Å². The lowest BCUT2D eigenvalue weighted by molar-refractivity contribution is 0.0917. The van der Waals surface area contributed by atoms with Gasteiger partial charge in [-0.3, -0.25) is 4.79 Å². The van der Waals surface area contributed by atoms with Crippen LogP contribution in [0.2, 0.25) is 0 Å². The largest absolute Gasteiger partial charge is 0.362 e. The fourth-order valence-corrected chi connectivity index (χ4v) is 2.62. The molecule has 120 valence electrons. The molecule has 0 radical (unpaired) electrons. The summed E-state index contributed by atoms with van der Waals surface area (Å²) in [5.74, 6) is 1.58. The number of rotatable bonds is 4.